The Bertz CT molecular complexity index is 905. The monoisotopic (exact) mass is 285 g/mol. The quantitative estimate of drug-likeness (QED) is 0.774. The average molecular weight is 285 g/mol. The lowest BCUT2D eigenvalue weighted by molar-refractivity contribution is 0.593. The van der Waals surface area contributed by atoms with E-state index in [1.54, 1.807) is 25.5 Å². The van der Waals surface area contributed by atoms with Crippen molar-refractivity contribution in [3.05, 3.63) is 45.4 Å². The highest BCUT2D eigenvalue weighted by molar-refractivity contribution is 5.75. The molecule has 0 atom stereocenters. The van der Waals surface area contributed by atoms with Crippen LogP contribution in [0.15, 0.2) is 34.1 Å². The van der Waals surface area contributed by atoms with Crippen LogP contribution in [-0.2, 0) is 13.6 Å². The van der Waals surface area contributed by atoms with Gasteiger partial charge in [-0.1, -0.05) is 6.92 Å². The minimum atomic E-state index is -0.349. The highest BCUT2D eigenvalue weighted by Gasteiger charge is 2.15. The van der Waals surface area contributed by atoms with E-state index in [-0.39, 0.29) is 11.2 Å². The highest BCUT2D eigenvalue weighted by atomic mass is 16.2. The summed E-state index contributed by atoms with van der Waals surface area (Å²) in [6.45, 7) is 2.31. The van der Waals surface area contributed by atoms with Gasteiger partial charge in [0.1, 0.15) is 11.3 Å². The van der Waals surface area contributed by atoms with Crippen LogP contribution < -0.4 is 11.2 Å². The van der Waals surface area contributed by atoms with Crippen molar-refractivity contribution in [2.24, 2.45) is 7.05 Å². The molecule has 0 radical (unpaired) electrons. The van der Waals surface area contributed by atoms with Gasteiger partial charge in [0.15, 0.2) is 5.65 Å². The Kier molecular flexibility index (Phi) is 3.17. The van der Waals surface area contributed by atoms with Gasteiger partial charge in [-0.3, -0.25) is 18.9 Å². The predicted octanol–water partition coefficient (Wildman–Crippen LogP) is 0.895. The molecule has 3 rings (SSSR count). The number of aromatic amines is 1. The van der Waals surface area contributed by atoms with Gasteiger partial charge in [-0.2, -0.15) is 0 Å². The molecule has 0 saturated heterocycles. The first-order valence-corrected chi connectivity index (χ1v) is 6.73. The Hall–Kier alpha value is -2.70. The maximum Gasteiger partial charge on any atom is 0.332 e. The molecule has 0 aliphatic rings. The third-order valence-electron chi connectivity index (χ3n) is 3.36. The highest BCUT2D eigenvalue weighted by Crippen LogP contribution is 2.16. The van der Waals surface area contributed by atoms with Crippen LogP contribution in [-0.4, -0.2) is 24.1 Å². The van der Waals surface area contributed by atoms with E-state index in [2.05, 4.69) is 15.0 Å². The SMILES string of the molecule is CCCn1c(=O)c2[nH]c(-c3cccnc3)nc2n(C)c1=O. The minimum Gasteiger partial charge on any atom is -0.332 e. The number of nitrogens with one attached hydrogen (secondary N) is 1. The second-order valence-electron chi connectivity index (χ2n) is 4.82. The molecular weight excluding hydrogens is 270 g/mol. The molecule has 0 saturated carbocycles. The van der Waals surface area contributed by atoms with E-state index in [1.807, 2.05) is 13.0 Å². The first-order chi connectivity index (χ1) is 10.1. The van der Waals surface area contributed by atoms with E-state index in [4.69, 9.17) is 0 Å². The molecule has 1 N–H and O–H groups in total. The molecule has 0 aliphatic heterocycles. The number of fused-ring (bicyclic) bond motifs is 1. The van der Waals surface area contributed by atoms with Gasteiger partial charge in [0.05, 0.1) is 0 Å². The van der Waals surface area contributed by atoms with Crippen molar-refractivity contribution in [2.75, 3.05) is 0 Å². The summed E-state index contributed by atoms with van der Waals surface area (Å²) in [6, 6.07) is 3.63. The molecular formula is C14H15N5O2. The number of pyridine rings is 1. The van der Waals surface area contributed by atoms with Gasteiger partial charge in [0.2, 0.25) is 0 Å². The molecule has 108 valence electrons. The zero-order valence-electron chi connectivity index (χ0n) is 11.8. The second-order valence-corrected chi connectivity index (χ2v) is 4.82. The maximum absolute atomic E-state index is 12.4. The fourth-order valence-electron chi connectivity index (χ4n) is 2.31. The number of aryl methyl sites for hydroxylation is 1. The zero-order valence-corrected chi connectivity index (χ0v) is 11.8. The number of imidazole rings is 1. The first-order valence-electron chi connectivity index (χ1n) is 6.73. The molecule has 21 heavy (non-hydrogen) atoms. The molecule has 7 nitrogen and oxygen atoms in total. The van der Waals surface area contributed by atoms with E-state index in [9.17, 15) is 9.59 Å². The third-order valence-corrected chi connectivity index (χ3v) is 3.36. The summed E-state index contributed by atoms with van der Waals surface area (Å²) >= 11 is 0. The Morgan fingerprint density at radius 3 is 2.81 bits per heavy atom. The van der Waals surface area contributed by atoms with E-state index >= 15 is 0 Å². The van der Waals surface area contributed by atoms with Crippen LogP contribution in [0.25, 0.3) is 22.6 Å². The van der Waals surface area contributed by atoms with Gasteiger partial charge >= 0.3 is 5.69 Å². The minimum absolute atomic E-state index is 0.336. The molecule has 3 aromatic rings. The molecule has 0 aromatic carbocycles. The molecule has 0 spiro atoms. The third kappa shape index (κ3) is 2.06. The Labute approximate surface area is 119 Å². The zero-order chi connectivity index (χ0) is 15.0. The van der Waals surface area contributed by atoms with Crippen LogP contribution in [0.5, 0.6) is 0 Å². The summed E-state index contributed by atoms with van der Waals surface area (Å²) in [4.78, 5) is 36.0. The molecule has 0 bridgehead atoms. The van der Waals surface area contributed by atoms with Crippen molar-refractivity contribution in [2.45, 2.75) is 19.9 Å². The number of nitrogens with zero attached hydrogens (tertiary/aromatic N) is 4. The van der Waals surface area contributed by atoms with Crippen LogP contribution in [0.3, 0.4) is 0 Å². The van der Waals surface area contributed by atoms with Gasteiger partial charge in [0.25, 0.3) is 5.56 Å². The summed E-state index contributed by atoms with van der Waals surface area (Å²) in [5, 5.41) is 0. The molecule has 0 aliphatic carbocycles. The van der Waals surface area contributed by atoms with Gasteiger partial charge < -0.3 is 4.98 Å². The number of hydrogen-bond acceptors (Lipinski definition) is 4. The van der Waals surface area contributed by atoms with Crippen LogP contribution in [0, 0.1) is 0 Å². The maximum atomic E-state index is 12.4. The molecule has 0 unspecified atom stereocenters. The predicted molar refractivity (Wildman–Crippen MR) is 79.1 cm³/mol. The van der Waals surface area contributed by atoms with Crippen molar-refractivity contribution < 1.29 is 0 Å². The van der Waals surface area contributed by atoms with Crippen LogP contribution >= 0.6 is 0 Å². The summed E-state index contributed by atoms with van der Waals surface area (Å²) in [5.74, 6) is 0.527. The van der Waals surface area contributed by atoms with Crippen molar-refractivity contribution in [3.63, 3.8) is 0 Å². The number of H-pyrrole nitrogens is 1. The van der Waals surface area contributed by atoms with Crippen LogP contribution in [0.2, 0.25) is 0 Å². The largest absolute Gasteiger partial charge is 0.332 e. The summed E-state index contributed by atoms with van der Waals surface area (Å²) in [5.41, 5.74) is 0.777. The first kappa shape index (κ1) is 13.3. The molecule has 3 heterocycles. The van der Waals surface area contributed by atoms with Crippen LogP contribution in [0.4, 0.5) is 0 Å². The lowest BCUT2D eigenvalue weighted by Crippen LogP contribution is -2.39. The van der Waals surface area contributed by atoms with Crippen LogP contribution in [0.1, 0.15) is 13.3 Å². The summed E-state index contributed by atoms with van der Waals surface area (Å²) < 4.78 is 2.62. The fraction of sp³-hybridized carbons (Fsp3) is 0.286. The molecule has 0 amide bonds. The second kappa shape index (κ2) is 5.01. The molecule has 0 fully saturated rings. The van der Waals surface area contributed by atoms with Gasteiger partial charge in [0, 0.05) is 31.5 Å². The topological polar surface area (TPSA) is 85.6 Å². The van der Waals surface area contributed by atoms with Gasteiger partial charge in [-0.05, 0) is 18.6 Å². The summed E-state index contributed by atoms with van der Waals surface area (Å²) in [7, 11) is 1.62. The fourth-order valence-corrected chi connectivity index (χ4v) is 2.31. The molecule has 3 aromatic heterocycles. The number of hydrogen-bond donors (Lipinski definition) is 1. The van der Waals surface area contributed by atoms with Gasteiger partial charge in [-0.25, -0.2) is 9.78 Å². The normalized spacial score (nSPS) is 11.1. The summed E-state index contributed by atoms with van der Waals surface area (Å²) in [6.07, 6.45) is 4.03. The molecule has 7 heteroatoms. The van der Waals surface area contributed by atoms with E-state index in [0.717, 1.165) is 5.56 Å². The Balaban J connectivity index is 2.32. The Morgan fingerprint density at radius 1 is 1.33 bits per heavy atom. The van der Waals surface area contributed by atoms with Crippen molar-refractivity contribution in [1.82, 2.24) is 24.1 Å². The van der Waals surface area contributed by atoms with Crippen molar-refractivity contribution in [1.29, 1.82) is 0 Å². The van der Waals surface area contributed by atoms with Crippen molar-refractivity contribution in [3.8, 4) is 11.4 Å². The Morgan fingerprint density at radius 2 is 2.14 bits per heavy atom. The smallest absolute Gasteiger partial charge is 0.332 e. The van der Waals surface area contributed by atoms with Gasteiger partial charge in [-0.15, -0.1) is 0 Å². The standard InChI is InChI=1S/C14H15N5O2/c1-3-7-19-13(20)10-12(18(2)14(19)21)17-11(16-10)9-5-4-6-15-8-9/h4-6,8H,3,7H2,1-2H3,(H,16,17). The van der Waals surface area contributed by atoms with Crippen molar-refractivity contribution >= 4 is 11.2 Å². The van der Waals surface area contributed by atoms with E-state index < -0.39 is 0 Å². The number of aromatic nitrogens is 5. The van der Waals surface area contributed by atoms with E-state index in [1.165, 1.54) is 9.13 Å². The van der Waals surface area contributed by atoms with E-state index in [0.29, 0.717) is 30.0 Å². The number of rotatable bonds is 3. The lowest BCUT2D eigenvalue weighted by Gasteiger charge is -2.05. The average Bonchev–Trinajstić information content (AvgIpc) is 2.96. The lowest BCUT2D eigenvalue weighted by atomic mass is 10.3.